The van der Waals surface area contributed by atoms with Crippen molar-refractivity contribution in [3.63, 3.8) is 0 Å². The van der Waals surface area contributed by atoms with Crippen molar-refractivity contribution in [2.75, 3.05) is 6.61 Å². The zero-order valence-corrected chi connectivity index (χ0v) is 14.2. The van der Waals surface area contributed by atoms with Crippen LogP contribution in [0.1, 0.15) is 33.0 Å². The predicted octanol–water partition coefficient (Wildman–Crippen LogP) is 2.69. The van der Waals surface area contributed by atoms with Gasteiger partial charge >= 0.3 is 5.97 Å². The first-order valence-electron chi connectivity index (χ1n) is 8.04. The van der Waals surface area contributed by atoms with Gasteiger partial charge in [-0.05, 0) is 13.0 Å². The van der Waals surface area contributed by atoms with Crippen LogP contribution in [0.5, 0.6) is 0 Å². The summed E-state index contributed by atoms with van der Waals surface area (Å²) in [5, 5.41) is 9.55. The molecule has 3 rings (SSSR count). The highest BCUT2D eigenvalue weighted by Gasteiger charge is 2.17. The van der Waals surface area contributed by atoms with Gasteiger partial charge in [0.05, 0.1) is 24.4 Å². The highest BCUT2D eigenvalue weighted by molar-refractivity contribution is 6.09. The Labute approximate surface area is 149 Å². The van der Waals surface area contributed by atoms with Gasteiger partial charge in [0, 0.05) is 35.4 Å². The van der Waals surface area contributed by atoms with E-state index in [4.69, 9.17) is 10.00 Å². The first-order valence-corrected chi connectivity index (χ1v) is 8.04. The summed E-state index contributed by atoms with van der Waals surface area (Å²) < 4.78 is 6.93. The summed E-state index contributed by atoms with van der Waals surface area (Å²) in [6, 6.07) is 9.52. The van der Waals surface area contributed by atoms with Crippen LogP contribution in [0.15, 0.2) is 42.9 Å². The Morgan fingerprint density at radius 3 is 2.77 bits per heavy atom. The number of ether oxygens (including phenoxy) is 1. The molecule has 3 aromatic rings. The molecule has 0 saturated carbocycles. The number of hydrogen-bond acceptors (Lipinski definition) is 6. The highest BCUT2D eigenvalue weighted by Crippen LogP contribution is 2.22. The van der Waals surface area contributed by atoms with Gasteiger partial charge < -0.3 is 9.30 Å². The number of ketones is 1. The molecule has 0 radical (unpaired) electrons. The fourth-order valence-corrected chi connectivity index (χ4v) is 2.61. The van der Waals surface area contributed by atoms with Crippen LogP contribution >= 0.6 is 0 Å². The van der Waals surface area contributed by atoms with Crippen LogP contribution < -0.4 is 0 Å². The monoisotopic (exact) mass is 348 g/mol. The minimum Gasteiger partial charge on any atom is -0.453 e. The fourth-order valence-electron chi connectivity index (χ4n) is 2.61. The normalized spacial score (nSPS) is 10.5. The molecule has 0 aliphatic rings. The van der Waals surface area contributed by atoms with Crippen molar-refractivity contribution >= 4 is 22.7 Å². The van der Waals surface area contributed by atoms with E-state index in [1.165, 1.54) is 12.4 Å². The standard InChI is InChI=1S/C19H16N4O3/c1-13-9-22-16(10-21-13)19(25)26-12-18(24)15-11-23(8-4-7-20)17-6-3-2-5-14(15)17/h2-3,5-6,9-11H,4,8,12H2,1H3. The smallest absolute Gasteiger partial charge is 0.358 e. The molecule has 0 aliphatic carbocycles. The fraction of sp³-hybridized carbons (Fsp3) is 0.211. The van der Waals surface area contributed by atoms with Crippen molar-refractivity contribution in [2.24, 2.45) is 0 Å². The molecule has 0 aliphatic heterocycles. The third-order valence-corrected chi connectivity index (χ3v) is 3.88. The van der Waals surface area contributed by atoms with Gasteiger partial charge in [-0.2, -0.15) is 5.26 Å². The number of para-hydroxylation sites is 1. The summed E-state index contributed by atoms with van der Waals surface area (Å²) >= 11 is 0. The van der Waals surface area contributed by atoms with E-state index in [9.17, 15) is 9.59 Å². The number of Topliss-reactive ketones (excluding diaryl/α,β-unsaturated/α-hetero) is 1. The van der Waals surface area contributed by atoms with E-state index in [1.54, 1.807) is 13.1 Å². The Morgan fingerprint density at radius 2 is 2.04 bits per heavy atom. The van der Waals surface area contributed by atoms with Crippen molar-refractivity contribution in [3.8, 4) is 6.07 Å². The second kappa shape index (κ2) is 7.57. The summed E-state index contributed by atoms with van der Waals surface area (Å²) in [4.78, 5) is 32.4. The number of nitrogens with zero attached hydrogens (tertiary/aromatic N) is 4. The molecule has 2 aromatic heterocycles. The topological polar surface area (TPSA) is 97.9 Å². The zero-order chi connectivity index (χ0) is 18.5. The molecule has 0 bridgehead atoms. The van der Waals surface area contributed by atoms with Crippen molar-refractivity contribution < 1.29 is 14.3 Å². The Bertz CT molecular complexity index is 1000. The van der Waals surface area contributed by atoms with Crippen LogP contribution in [-0.2, 0) is 11.3 Å². The maximum absolute atomic E-state index is 12.5. The van der Waals surface area contributed by atoms with E-state index < -0.39 is 5.97 Å². The maximum Gasteiger partial charge on any atom is 0.358 e. The summed E-state index contributed by atoms with van der Waals surface area (Å²) in [5.74, 6) is -1.01. The van der Waals surface area contributed by atoms with Crippen molar-refractivity contribution in [3.05, 3.63) is 59.8 Å². The van der Waals surface area contributed by atoms with Crippen molar-refractivity contribution in [1.82, 2.24) is 14.5 Å². The van der Waals surface area contributed by atoms with Crippen molar-refractivity contribution in [2.45, 2.75) is 19.9 Å². The number of fused-ring (bicyclic) bond motifs is 1. The molecule has 0 fully saturated rings. The summed E-state index contributed by atoms with van der Waals surface area (Å²) in [7, 11) is 0. The number of esters is 1. The van der Waals surface area contributed by atoms with Crippen LogP contribution in [-0.4, -0.2) is 32.9 Å². The molecule has 0 spiro atoms. The molecule has 0 amide bonds. The lowest BCUT2D eigenvalue weighted by molar-refractivity contribution is 0.0468. The maximum atomic E-state index is 12.5. The second-order valence-corrected chi connectivity index (χ2v) is 5.70. The summed E-state index contributed by atoms with van der Waals surface area (Å²) in [5.41, 5.74) is 2.06. The number of carbonyl (C=O) groups excluding carboxylic acids is 2. The molecule has 0 N–H and O–H groups in total. The number of carbonyl (C=O) groups is 2. The average Bonchev–Trinajstić information content (AvgIpc) is 3.03. The van der Waals surface area contributed by atoms with Gasteiger partial charge in [-0.1, -0.05) is 18.2 Å². The molecule has 7 heteroatoms. The summed E-state index contributed by atoms with van der Waals surface area (Å²) in [6.45, 7) is 1.86. The molecule has 0 saturated heterocycles. The number of rotatable bonds is 6. The third-order valence-electron chi connectivity index (χ3n) is 3.88. The van der Waals surface area contributed by atoms with Gasteiger partial charge in [0.1, 0.15) is 0 Å². The van der Waals surface area contributed by atoms with E-state index in [1.807, 2.05) is 28.8 Å². The predicted molar refractivity (Wildman–Crippen MR) is 93.6 cm³/mol. The molecular formula is C19H16N4O3. The highest BCUT2D eigenvalue weighted by atomic mass is 16.5. The second-order valence-electron chi connectivity index (χ2n) is 5.70. The largest absolute Gasteiger partial charge is 0.453 e. The van der Waals surface area contributed by atoms with Crippen molar-refractivity contribution in [1.29, 1.82) is 5.26 Å². The quantitative estimate of drug-likeness (QED) is 0.502. The van der Waals surface area contributed by atoms with E-state index in [2.05, 4.69) is 16.0 Å². The van der Waals surface area contributed by atoms with Crippen LogP contribution in [0, 0.1) is 18.3 Å². The van der Waals surface area contributed by atoms with Gasteiger partial charge in [0.2, 0.25) is 5.78 Å². The molecule has 0 atom stereocenters. The Kier molecular flexibility index (Phi) is 5.04. The lowest BCUT2D eigenvalue weighted by Crippen LogP contribution is -2.15. The molecule has 2 heterocycles. The van der Waals surface area contributed by atoms with E-state index in [-0.39, 0.29) is 18.1 Å². The van der Waals surface area contributed by atoms with Gasteiger partial charge in [-0.3, -0.25) is 9.78 Å². The Morgan fingerprint density at radius 1 is 1.23 bits per heavy atom. The van der Waals surface area contributed by atoms with Crippen LogP contribution in [0.4, 0.5) is 0 Å². The first kappa shape index (κ1) is 17.3. The number of aromatic nitrogens is 3. The number of aryl methyl sites for hydroxylation is 2. The number of nitriles is 1. The first-order chi connectivity index (χ1) is 12.6. The van der Waals surface area contributed by atoms with Gasteiger partial charge in [0.25, 0.3) is 0 Å². The Balaban J connectivity index is 1.76. The summed E-state index contributed by atoms with van der Waals surface area (Å²) in [6.07, 6.45) is 4.81. The molecule has 26 heavy (non-hydrogen) atoms. The lowest BCUT2D eigenvalue weighted by atomic mass is 10.1. The molecule has 0 unspecified atom stereocenters. The SMILES string of the molecule is Cc1cnc(C(=O)OCC(=O)c2cn(CCC#N)c3ccccc23)cn1. The van der Waals surface area contributed by atoms with E-state index in [0.717, 1.165) is 10.9 Å². The average molecular weight is 348 g/mol. The molecule has 7 nitrogen and oxygen atoms in total. The van der Waals surface area contributed by atoms with E-state index >= 15 is 0 Å². The third kappa shape index (κ3) is 3.59. The molecule has 130 valence electrons. The van der Waals surface area contributed by atoms with Gasteiger partial charge in [-0.15, -0.1) is 0 Å². The zero-order valence-electron chi connectivity index (χ0n) is 14.2. The minimum absolute atomic E-state index is 0.0554. The van der Waals surface area contributed by atoms with Crippen LogP contribution in [0.3, 0.4) is 0 Å². The van der Waals surface area contributed by atoms with Crippen LogP contribution in [0.25, 0.3) is 10.9 Å². The molecule has 1 aromatic carbocycles. The van der Waals surface area contributed by atoms with Crippen LogP contribution in [0.2, 0.25) is 0 Å². The lowest BCUT2D eigenvalue weighted by Gasteiger charge is -2.03. The van der Waals surface area contributed by atoms with E-state index in [0.29, 0.717) is 24.2 Å². The molecular weight excluding hydrogens is 332 g/mol. The van der Waals surface area contributed by atoms with Gasteiger partial charge in [-0.25, -0.2) is 9.78 Å². The number of hydrogen-bond donors (Lipinski definition) is 0. The number of benzene rings is 1. The Hall–Kier alpha value is -3.53. The van der Waals surface area contributed by atoms with Gasteiger partial charge in [0.15, 0.2) is 12.3 Å². The minimum atomic E-state index is -0.695.